The molecule has 0 saturated carbocycles. The number of benzene rings is 2. The minimum absolute atomic E-state index is 0.133. The van der Waals surface area contributed by atoms with E-state index in [4.69, 9.17) is 11.6 Å². The van der Waals surface area contributed by atoms with Crippen LogP contribution in [-0.2, 0) is 6.54 Å². The highest BCUT2D eigenvalue weighted by Crippen LogP contribution is 2.20. The molecule has 0 spiro atoms. The summed E-state index contributed by atoms with van der Waals surface area (Å²) in [5.74, 6) is 0.577. The summed E-state index contributed by atoms with van der Waals surface area (Å²) in [6, 6.07) is 14.7. The highest BCUT2D eigenvalue weighted by molar-refractivity contribution is 6.33. The van der Waals surface area contributed by atoms with Crippen molar-refractivity contribution >= 4 is 28.2 Å². The number of rotatable bonds is 3. The number of hydrogen-bond donors (Lipinski definition) is 2. The van der Waals surface area contributed by atoms with Gasteiger partial charge in [0.2, 0.25) is 0 Å². The lowest BCUT2D eigenvalue weighted by Gasteiger charge is -2.08. The molecule has 1 heterocycles. The molecule has 0 atom stereocenters. The molecule has 0 unspecified atom stereocenters. The Labute approximate surface area is 120 Å². The number of H-pyrrole nitrogens is 1. The van der Waals surface area contributed by atoms with E-state index in [1.807, 2.05) is 36.4 Å². The summed E-state index contributed by atoms with van der Waals surface area (Å²) in [6.07, 6.45) is 0. The first-order chi connectivity index (χ1) is 9.74. The Hall–Kier alpha value is -2.33. The summed E-state index contributed by atoms with van der Waals surface area (Å²) >= 11 is 6.06. The summed E-state index contributed by atoms with van der Waals surface area (Å²) in [4.78, 5) is 19.1. The number of halogens is 1. The van der Waals surface area contributed by atoms with Crippen molar-refractivity contribution in [3.63, 3.8) is 0 Å². The molecule has 0 aliphatic carbocycles. The van der Waals surface area contributed by atoms with Crippen LogP contribution in [0.2, 0.25) is 5.02 Å². The molecule has 0 fully saturated rings. The average Bonchev–Trinajstić information content (AvgIpc) is 2.46. The Morgan fingerprint density at radius 3 is 2.70 bits per heavy atom. The molecule has 0 radical (unpaired) electrons. The van der Waals surface area contributed by atoms with Crippen molar-refractivity contribution < 1.29 is 0 Å². The summed E-state index contributed by atoms with van der Waals surface area (Å²) in [6.45, 7) is 0.407. The van der Waals surface area contributed by atoms with Gasteiger partial charge in [-0.25, -0.2) is 4.98 Å². The Balaban J connectivity index is 1.88. The lowest BCUT2D eigenvalue weighted by atomic mass is 10.2. The van der Waals surface area contributed by atoms with Crippen LogP contribution in [0, 0.1) is 0 Å². The largest absolute Gasteiger partial charge is 0.377 e. The lowest BCUT2D eigenvalue weighted by molar-refractivity contribution is 0.953. The predicted molar refractivity (Wildman–Crippen MR) is 81.1 cm³/mol. The molecule has 0 aliphatic rings. The van der Waals surface area contributed by atoms with Crippen molar-refractivity contribution in [1.29, 1.82) is 0 Å². The van der Waals surface area contributed by atoms with Crippen molar-refractivity contribution in [2.24, 2.45) is 0 Å². The van der Waals surface area contributed by atoms with Crippen LogP contribution >= 0.6 is 11.6 Å². The van der Waals surface area contributed by atoms with E-state index in [1.54, 1.807) is 12.1 Å². The molecule has 100 valence electrons. The van der Waals surface area contributed by atoms with Gasteiger partial charge in [-0.1, -0.05) is 35.9 Å². The molecular weight excluding hydrogens is 274 g/mol. The SMILES string of the molecule is O=c1[nH]c(CNc2ccccc2Cl)nc2ccccc12. The Kier molecular flexibility index (Phi) is 3.39. The number of para-hydroxylation sites is 2. The molecule has 3 aromatic rings. The summed E-state index contributed by atoms with van der Waals surface area (Å²) in [5.41, 5.74) is 1.36. The van der Waals surface area contributed by atoms with Gasteiger partial charge < -0.3 is 10.3 Å². The Bertz CT molecular complexity index is 813. The number of nitrogens with one attached hydrogen (secondary N) is 2. The van der Waals surface area contributed by atoms with Crippen LogP contribution in [0.5, 0.6) is 0 Å². The highest BCUT2D eigenvalue weighted by atomic mass is 35.5. The monoisotopic (exact) mass is 285 g/mol. The smallest absolute Gasteiger partial charge is 0.258 e. The van der Waals surface area contributed by atoms with Crippen LogP contribution in [0.3, 0.4) is 0 Å². The van der Waals surface area contributed by atoms with Gasteiger partial charge in [-0.05, 0) is 24.3 Å². The van der Waals surface area contributed by atoms with Gasteiger partial charge in [-0.15, -0.1) is 0 Å². The maximum Gasteiger partial charge on any atom is 0.258 e. The number of aromatic nitrogens is 2. The van der Waals surface area contributed by atoms with Gasteiger partial charge in [-0.2, -0.15) is 0 Å². The minimum Gasteiger partial charge on any atom is -0.377 e. The summed E-state index contributed by atoms with van der Waals surface area (Å²) in [5, 5.41) is 4.38. The summed E-state index contributed by atoms with van der Waals surface area (Å²) < 4.78 is 0. The molecule has 1 aromatic heterocycles. The molecule has 0 amide bonds. The third kappa shape index (κ3) is 2.51. The van der Waals surface area contributed by atoms with E-state index in [0.717, 1.165) is 5.69 Å². The maximum atomic E-state index is 11.9. The van der Waals surface area contributed by atoms with Gasteiger partial charge in [0, 0.05) is 0 Å². The second-order valence-corrected chi connectivity index (χ2v) is 4.77. The fourth-order valence-corrected chi connectivity index (χ4v) is 2.20. The molecule has 5 heteroatoms. The van der Waals surface area contributed by atoms with Crippen molar-refractivity contribution in [3.05, 3.63) is 69.7 Å². The van der Waals surface area contributed by atoms with E-state index in [9.17, 15) is 4.79 Å². The summed E-state index contributed by atoms with van der Waals surface area (Å²) in [7, 11) is 0. The van der Waals surface area contributed by atoms with E-state index < -0.39 is 0 Å². The van der Waals surface area contributed by atoms with Gasteiger partial charge in [0.25, 0.3) is 5.56 Å². The normalized spacial score (nSPS) is 10.7. The van der Waals surface area contributed by atoms with Crippen molar-refractivity contribution in [1.82, 2.24) is 9.97 Å². The minimum atomic E-state index is -0.133. The van der Waals surface area contributed by atoms with Gasteiger partial charge in [0.05, 0.1) is 28.2 Å². The van der Waals surface area contributed by atoms with Crippen LogP contribution in [-0.4, -0.2) is 9.97 Å². The van der Waals surface area contributed by atoms with Gasteiger partial charge in [0.15, 0.2) is 0 Å². The number of fused-ring (bicyclic) bond motifs is 1. The third-order valence-electron chi connectivity index (χ3n) is 2.98. The molecule has 0 aliphatic heterocycles. The van der Waals surface area contributed by atoms with Crippen LogP contribution in [0.4, 0.5) is 5.69 Å². The van der Waals surface area contributed by atoms with Crippen molar-refractivity contribution in [2.75, 3.05) is 5.32 Å². The molecule has 0 bridgehead atoms. The van der Waals surface area contributed by atoms with Crippen molar-refractivity contribution in [2.45, 2.75) is 6.54 Å². The molecule has 2 N–H and O–H groups in total. The third-order valence-corrected chi connectivity index (χ3v) is 3.31. The first-order valence-corrected chi connectivity index (χ1v) is 6.58. The van der Waals surface area contributed by atoms with Gasteiger partial charge in [-0.3, -0.25) is 4.79 Å². The second kappa shape index (κ2) is 5.35. The van der Waals surface area contributed by atoms with E-state index in [2.05, 4.69) is 15.3 Å². The van der Waals surface area contributed by atoms with E-state index in [1.165, 1.54) is 0 Å². The lowest BCUT2D eigenvalue weighted by Crippen LogP contribution is -2.14. The number of nitrogens with zero attached hydrogens (tertiary/aromatic N) is 1. The molecule has 4 nitrogen and oxygen atoms in total. The number of aromatic amines is 1. The van der Waals surface area contributed by atoms with E-state index in [-0.39, 0.29) is 5.56 Å². The zero-order valence-corrected chi connectivity index (χ0v) is 11.3. The van der Waals surface area contributed by atoms with Crippen LogP contribution in [0.25, 0.3) is 10.9 Å². The molecule has 3 rings (SSSR count). The Morgan fingerprint density at radius 1 is 1.10 bits per heavy atom. The number of hydrogen-bond acceptors (Lipinski definition) is 3. The zero-order valence-electron chi connectivity index (χ0n) is 10.6. The average molecular weight is 286 g/mol. The van der Waals surface area contributed by atoms with Crippen LogP contribution in [0.1, 0.15) is 5.82 Å². The van der Waals surface area contributed by atoms with Crippen LogP contribution in [0.15, 0.2) is 53.3 Å². The van der Waals surface area contributed by atoms with E-state index in [0.29, 0.717) is 28.3 Å². The molecular formula is C15H12ClN3O. The maximum absolute atomic E-state index is 11.9. The molecule has 0 saturated heterocycles. The first-order valence-electron chi connectivity index (χ1n) is 6.20. The molecule has 20 heavy (non-hydrogen) atoms. The fourth-order valence-electron chi connectivity index (χ4n) is 2.00. The Morgan fingerprint density at radius 2 is 1.85 bits per heavy atom. The topological polar surface area (TPSA) is 57.8 Å². The standard InChI is InChI=1S/C15H12ClN3O/c16-11-6-2-4-8-13(11)17-9-14-18-12-7-3-1-5-10(12)15(20)19-14/h1-8,17H,9H2,(H,18,19,20). The van der Waals surface area contributed by atoms with E-state index >= 15 is 0 Å². The fraction of sp³-hybridized carbons (Fsp3) is 0.0667. The van der Waals surface area contributed by atoms with Crippen LogP contribution < -0.4 is 10.9 Å². The second-order valence-electron chi connectivity index (χ2n) is 4.36. The highest BCUT2D eigenvalue weighted by Gasteiger charge is 2.04. The first kappa shape index (κ1) is 12.7. The number of anilines is 1. The quantitative estimate of drug-likeness (QED) is 0.777. The predicted octanol–water partition coefficient (Wildman–Crippen LogP) is 3.19. The molecule has 2 aromatic carbocycles. The van der Waals surface area contributed by atoms with Gasteiger partial charge in [0.1, 0.15) is 5.82 Å². The van der Waals surface area contributed by atoms with Gasteiger partial charge >= 0.3 is 0 Å². The zero-order chi connectivity index (χ0) is 13.9. The van der Waals surface area contributed by atoms with Crippen molar-refractivity contribution in [3.8, 4) is 0 Å².